The molecule has 0 fully saturated rings. The van der Waals surface area contributed by atoms with Crippen molar-refractivity contribution in [1.82, 2.24) is 0 Å². The van der Waals surface area contributed by atoms with E-state index in [-0.39, 0.29) is 17.1 Å². The number of amides is 1. The highest BCUT2D eigenvalue weighted by Crippen LogP contribution is 2.18. The maximum absolute atomic E-state index is 12.0. The highest BCUT2D eigenvalue weighted by atomic mass is 16.4. The lowest BCUT2D eigenvalue weighted by Gasteiger charge is -2.11. The van der Waals surface area contributed by atoms with Gasteiger partial charge in [0.05, 0.1) is 0 Å². The number of aliphatic carboxylic acids is 1. The number of hydrogen-bond donors (Lipinski definition) is 2. The number of para-hydroxylation sites is 1. The van der Waals surface area contributed by atoms with Gasteiger partial charge in [0, 0.05) is 16.8 Å². The summed E-state index contributed by atoms with van der Waals surface area (Å²) >= 11 is 0. The second kappa shape index (κ2) is 6.73. The number of carboxylic acid groups (broad SMARTS) is 1. The molecular weight excluding hydrogens is 242 g/mol. The third kappa shape index (κ3) is 3.95. The summed E-state index contributed by atoms with van der Waals surface area (Å²) in [6, 6.07) is 7.55. The van der Waals surface area contributed by atoms with Gasteiger partial charge >= 0.3 is 5.97 Å². The van der Waals surface area contributed by atoms with E-state index in [0.717, 1.165) is 24.1 Å². The van der Waals surface area contributed by atoms with Gasteiger partial charge in [0.15, 0.2) is 0 Å². The first-order valence-corrected chi connectivity index (χ1v) is 6.27. The average molecular weight is 261 g/mol. The van der Waals surface area contributed by atoms with Crippen LogP contribution in [-0.2, 0) is 16.0 Å². The van der Waals surface area contributed by atoms with Gasteiger partial charge < -0.3 is 10.4 Å². The molecular formula is C15H19NO3. The van der Waals surface area contributed by atoms with Gasteiger partial charge in [-0.25, -0.2) is 4.79 Å². The van der Waals surface area contributed by atoms with Crippen LogP contribution in [0.5, 0.6) is 0 Å². The molecule has 2 N–H and O–H groups in total. The number of carbonyl (C=O) groups excluding carboxylic acids is 1. The summed E-state index contributed by atoms with van der Waals surface area (Å²) in [4.78, 5) is 22.8. The summed E-state index contributed by atoms with van der Waals surface area (Å²) in [5.74, 6) is -1.45. The Morgan fingerprint density at radius 3 is 2.37 bits per heavy atom. The molecule has 0 aliphatic rings. The second-order valence-corrected chi connectivity index (χ2v) is 4.42. The fraction of sp³-hybridized carbons (Fsp3) is 0.333. The Balaban J connectivity index is 2.94. The minimum Gasteiger partial charge on any atom is -0.478 e. The van der Waals surface area contributed by atoms with Crippen LogP contribution in [0, 0.1) is 0 Å². The number of benzene rings is 1. The minimum atomic E-state index is -1.07. The molecule has 4 heteroatoms. The normalized spacial score (nSPS) is 11.7. The highest BCUT2D eigenvalue weighted by Gasteiger charge is 2.13. The predicted octanol–water partition coefficient (Wildman–Crippen LogP) is 3.00. The molecule has 0 spiro atoms. The van der Waals surface area contributed by atoms with E-state index in [1.54, 1.807) is 0 Å². The number of aryl methyl sites for hydroxylation is 1. The van der Waals surface area contributed by atoms with Crippen molar-refractivity contribution in [3.63, 3.8) is 0 Å². The van der Waals surface area contributed by atoms with Crippen molar-refractivity contribution < 1.29 is 14.7 Å². The van der Waals surface area contributed by atoms with Gasteiger partial charge in [0.25, 0.3) is 5.91 Å². The summed E-state index contributed by atoms with van der Waals surface area (Å²) in [5, 5.41) is 11.6. The summed E-state index contributed by atoms with van der Waals surface area (Å²) in [5.41, 5.74) is 2.08. The lowest BCUT2D eigenvalue weighted by atomic mass is 10.1. The molecule has 102 valence electrons. The number of hydrogen-bond acceptors (Lipinski definition) is 2. The number of carbonyl (C=O) groups is 2. The molecule has 0 atom stereocenters. The number of carboxylic acids is 1. The summed E-state index contributed by atoms with van der Waals surface area (Å²) in [6.07, 6.45) is 1.85. The Kier molecular flexibility index (Phi) is 5.30. The van der Waals surface area contributed by atoms with Crippen molar-refractivity contribution in [3.05, 3.63) is 41.0 Å². The second-order valence-electron chi connectivity index (χ2n) is 4.42. The zero-order valence-corrected chi connectivity index (χ0v) is 11.5. The Hall–Kier alpha value is -2.10. The minimum absolute atomic E-state index is 0.0606. The Bertz CT molecular complexity index is 518. The van der Waals surface area contributed by atoms with E-state index in [4.69, 9.17) is 5.11 Å². The predicted molar refractivity (Wildman–Crippen MR) is 75.1 cm³/mol. The number of rotatable bonds is 5. The van der Waals surface area contributed by atoms with Crippen molar-refractivity contribution in [3.8, 4) is 0 Å². The average Bonchev–Trinajstić information content (AvgIpc) is 2.39. The molecule has 0 bridgehead atoms. The smallest absolute Gasteiger partial charge is 0.331 e. The summed E-state index contributed by atoms with van der Waals surface area (Å²) in [7, 11) is 0. The molecule has 1 aromatic carbocycles. The maximum atomic E-state index is 12.0. The monoisotopic (exact) mass is 261 g/mol. The fourth-order valence-corrected chi connectivity index (χ4v) is 1.68. The number of nitrogens with one attached hydrogen (secondary N) is 1. The van der Waals surface area contributed by atoms with Gasteiger partial charge in [-0.1, -0.05) is 31.5 Å². The molecule has 0 aliphatic carbocycles. The molecule has 4 nitrogen and oxygen atoms in total. The van der Waals surface area contributed by atoms with Crippen LogP contribution in [0.1, 0.15) is 32.8 Å². The summed E-state index contributed by atoms with van der Waals surface area (Å²) < 4.78 is 0. The van der Waals surface area contributed by atoms with Gasteiger partial charge in [0.2, 0.25) is 0 Å². The van der Waals surface area contributed by atoms with Gasteiger partial charge in [-0.3, -0.25) is 4.79 Å². The third-order valence-corrected chi connectivity index (χ3v) is 3.01. The van der Waals surface area contributed by atoms with Crippen molar-refractivity contribution in [1.29, 1.82) is 0 Å². The van der Waals surface area contributed by atoms with Crippen LogP contribution >= 0.6 is 0 Å². The van der Waals surface area contributed by atoms with Crippen molar-refractivity contribution in [2.24, 2.45) is 0 Å². The van der Waals surface area contributed by atoms with Crippen molar-refractivity contribution in [2.45, 2.75) is 33.6 Å². The first-order valence-electron chi connectivity index (χ1n) is 6.27. The molecule has 1 aromatic rings. The van der Waals surface area contributed by atoms with Crippen LogP contribution in [0.4, 0.5) is 5.69 Å². The molecule has 0 saturated heterocycles. The van der Waals surface area contributed by atoms with Gasteiger partial charge in [0.1, 0.15) is 0 Å². The van der Waals surface area contributed by atoms with E-state index < -0.39 is 5.97 Å². The molecule has 1 rings (SSSR count). The van der Waals surface area contributed by atoms with E-state index in [1.807, 2.05) is 24.3 Å². The highest BCUT2D eigenvalue weighted by molar-refractivity contribution is 6.08. The van der Waals surface area contributed by atoms with Gasteiger partial charge in [-0.05, 0) is 31.9 Å². The first kappa shape index (κ1) is 15.0. The zero-order chi connectivity index (χ0) is 14.4. The molecule has 0 heterocycles. The van der Waals surface area contributed by atoms with Crippen LogP contribution in [0.3, 0.4) is 0 Å². The standard InChI is InChI=1S/C15H19NO3/c1-4-7-12-8-5-6-9-13(12)16-14(17)10(2)11(3)15(18)19/h5-6,8-9H,4,7H2,1-3H3,(H,16,17)(H,18,19). The first-order chi connectivity index (χ1) is 8.97. The Labute approximate surface area is 113 Å². The molecule has 0 aromatic heterocycles. The van der Waals surface area contributed by atoms with E-state index in [1.165, 1.54) is 13.8 Å². The van der Waals surface area contributed by atoms with Crippen LogP contribution in [-0.4, -0.2) is 17.0 Å². The number of anilines is 1. The fourth-order valence-electron chi connectivity index (χ4n) is 1.68. The maximum Gasteiger partial charge on any atom is 0.331 e. The van der Waals surface area contributed by atoms with Gasteiger partial charge in [-0.2, -0.15) is 0 Å². The largest absolute Gasteiger partial charge is 0.478 e. The van der Waals surface area contributed by atoms with E-state index in [9.17, 15) is 9.59 Å². The Morgan fingerprint density at radius 1 is 1.16 bits per heavy atom. The SMILES string of the molecule is CCCc1ccccc1NC(=O)C(C)=C(C)C(=O)O. The van der Waals surface area contributed by atoms with Crippen LogP contribution in [0.15, 0.2) is 35.4 Å². The van der Waals surface area contributed by atoms with Crippen molar-refractivity contribution >= 4 is 17.6 Å². The zero-order valence-electron chi connectivity index (χ0n) is 11.5. The van der Waals surface area contributed by atoms with E-state index >= 15 is 0 Å². The molecule has 0 aliphatic heterocycles. The molecule has 1 amide bonds. The summed E-state index contributed by atoms with van der Waals surface area (Å²) in [6.45, 7) is 5.01. The molecule has 0 saturated carbocycles. The van der Waals surface area contributed by atoms with Crippen LogP contribution < -0.4 is 5.32 Å². The van der Waals surface area contributed by atoms with Gasteiger partial charge in [-0.15, -0.1) is 0 Å². The molecule has 0 unspecified atom stereocenters. The topological polar surface area (TPSA) is 66.4 Å². The lowest BCUT2D eigenvalue weighted by Crippen LogP contribution is -2.17. The van der Waals surface area contributed by atoms with Crippen LogP contribution in [0.25, 0.3) is 0 Å². The molecule has 0 radical (unpaired) electrons. The van der Waals surface area contributed by atoms with E-state index in [2.05, 4.69) is 12.2 Å². The quantitative estimate of drug-likeness (QED) is 0.801. The lowest BCUT2D eigenvalue weighted by molar-refractivity contribution is -0.133. The van der Waals surface area contributed by atoms with E-state index in [0.29, 0.717) is 0 Å². The van der Waals surface area contributed by atoms with Crippen LogP contribution in [0.2, 0.25) is 0 Å². The van der Waals surface area contributed by atoms with Crippen molar-refractivity contribution in [2.75, 3.05) is 5.32 Å². The third-order valence-electron chi connectivity index (χ3n) is 3.01. The Morgan fingerprint density at radius 2 is 1.79 bits per heavy atom. The molecule has 19 heavy (non-hydrogen) atoms.